The van der Waals surface area contributed by atoms with Gasteiger partial charge in [-0.2, -0.15) is 0 Å². The third-order valence-corrected chi connectivity index (χ3v) is 5.47. The fourth-order valence-electron chi connectivity index (χ4n) is 4.14. The van der Waals surface area contributed by atoms with Gasteiger partial charge in [0.15, 0.2) is 5.78 Å². The van der Waals surface area contributed by atoms with E-state index in [0.717, 1.165) is 22.3 Å². The first-order valence-electron chi connectivity index (χ1n) is 9.40. The first kappa shape index (κ1) is 16.3. The molecule has 0 heterocycles. The lowest BCUT2D eigenvalue weighted by Crippen LogP contribution is -2.34. The Labute approximate surface area is 150 Å². The molecule has 0 saturated heterocycles. The Morgan fingerprint density at radius 1 is 1.00 bits per heavy atom. The van der Waals surface area contributed by atoms with Crippen molar-refractivity contribution in [3.05, 3.63) is 76.4 Å². The number of Topliss-reactive ketones (excluding diaryl/α,β-unsaturated/α-hetero) is 1. The molecule has 2 heteroatoms. The van der Waals surface area contributed by atoms with Gasteiger partial charge in [-0.25, -0.2) is 0 Å². The van der Waals surface area contributed by atoms with Crippen molar-refractivity contribution < 1.29 is 4.79 Å². The Morgan fingerprint density at radius 2 is 1.76 bits per heavy atom. The van der Waals surface area contributed by atoms with Gasteiger partial charge in [0.2, 0.25) is 0 Å². The van der Waals surface area contributed by atoms with Crippen molar-refractivity contribution in [2.45, 2.75) is 51.1 Å². The summed E-state index contributed by atoms with van der Waals surface area (Å²) in [4.78, 5) is 13.1. The van der Waals surface area contributed by atoms with Crippen molar-refractivity contribution in [1.82, 2.24) is 5.32 Å². The number of carbonyl (C=O) groups excluding carboxylic acids is 1. The van der Waals surface area contributed by atoms with Crippen LogP contribution < -0.4 is 5.32 Å². The summed E-state index contributed by atoms with van der Waals surface area (Å²) in [5.74, 6) is 0.173. The Bertz CT molecular complexity index is 800. The highest BCUT2D eigenvalue weighted by Crippen LogP contribution is 2.38. The van der Waals surface area contributed by atoms with Crippen LogP contribution >= 0.6 is 0 Å². The minimum atomic E-state index is 0.0192. The highest BCUT2D eigenvalue weighted by molar-refractivity contribution is 6.16. The number of hydrogen-bond acceptors (Lipinski definition) is 2. The second kappa shape index (κ2) is 6.97. The fraction of sp³-hybridized carbons (Fsp3) is 0.348. The standard InChI is InChI=1S/C23H25NO/c1-16-12-13-19-20(14-16)22(24-18-10-6-3-7-11-18)21(23(19)25)15-17-8-4-2-5-9-17/h2,4-5,8-9,12-15,18,22,24H,3,6-7,10-11H2,1H3/b21-15+. The van der Waals surface area contributed by atoms with E-state index in [1.54, 1.807) is 0 Å². The molecule has 1 atom stereocenters. The maximum atomic E-state index is 13.1. The lowest BCUT2D eigenvalue weighted by molar-refractivity contribution is 0.103. The Kier molecular flexibility index (Phi) is 4.54. The van der Waals surface area contributed by atoms with Crippen molar-refractivity contribution >= 4 is 11.9 Å². The summed E-state index contributed by atoms with van der Waals surface area (Å²) in [6.07, 6.45) is 8.41. The molecule has 0 amide bonds. The first-order chi connectivity index (χ1) is 12.2. The highest BCUT2D eigenvalue weighted by atomic mass is 16.1. The molecule has 25 heavy (non-hydrogen) atoms. The zero-order chi connectivity index (χ0) is 17.2. The zero-order valence-corrected chi connectivity index (χ0v) is 14.8. The van der Waals surface area contributed by atoms with Crippen LogP contribution in [0.3, 0.4) is 0 Å². The predicted molar refractivity (Wildman–Crippen MR) is 103 cm³/mol. The minimum Gasteiger partial charge on any atom is -0.303 e. The van der Waals surface area contributed by atoms with Gasteiger partial charge in [0.05, 0.1) is 6.04 Å². The van der Waals surface area contributed by atoms with Crippen molar-refractivity contribution in [1.29, 1.82) is 0 Å². The molecule has 1 fully saturated rings. The number of benzene rings is 2. The van der Waals surface area contributed by atoms with Gasteiger partial charge in [0.1, 0.15) is 0 Å². The molecule has 1 unspecified atom stereocenters. The van der Waals surface area contributed by atoms with E-state index < -0.39 is 0 Å². The highest BCUT2D eigenvalue weighted by Gasteiger charge is 2.35. The van der Waals surface area contributed by atoms with Crippen LogP contribution in [-0.2, 0) is 0 Å². The van der Waals surface area contributed by atoms with Crippen LogP contribution in [0.25, 0.3) is 6.08 Å². The second-order valence-electron chi connectivity index (χ2n) is 7.36. The van der Waals surface area contributed by atoms with E-state index in [0.29, 0.717) is 6.04 Å². The van der Waals surface area contributed by atoms with Crippen molar-refractivity contribution in [2.24, 2.45) is 0 Å². The average Bonchev–Trinajstić information content (AvgIpc) is 2.89. The van der Waals surface area contributed by atoms with Crippen molar-refractivity contribution in [3.63, 3.8) is 0 Å². The minimum absolute atomic E-state index is 0.0192. The van der Waals surface area contributed by atoms with Crippen LogP contribution in [0.2, 0.25) is 0 Å². The van der Waals surface area contributed by atoms with E-state index in [2.05, 4.69) is 36.5 Å². The van der Waals surface area contributed by atoms with Gasteiger partial charge in [0, 0.05) is 17.2 Å². The molecule has 2 aliphatic carbocycles. The maximum Gasteiger partial charge on any atom is 0.191 e. The molecule has 4 rings (SSSR count). The predicted octanol–water partition coefficient (Wildman–Crippen LogP) is 5.24. The fourth-order valence-corrected chi connectivity index (χ4v) is 4.14. The Hall–Kier alpha value is -2.19. The van der Waals surface area contributed by atoms with Gasteiger partial charge in [0.25, 0.3) is 0 Å². The Morgan fingerprint density at radius 3 is 2.52 bits per heavy atom. The van der Waals surface area contributed by atoms with Crippen LogP contribution in [0.5, 0.6) is 0 Å². The number of hydrogen-bond donors (Lipinski definition) is 1. The van der Waals surface area contributed by atoms with E-state index in [1.807, 2.05) is 30.3 Å². The molecular weight excluding hydrogens is 306 g/mol. The molecule has 0 bridgehead atoms. The van der Waals surface area contributed by atoms with Gasteiger partial charge < -0.3 is 5.32 Å². The van der Waals surface area contributed by atoms with Crippen molar-refractivity contribution in [2.75, 3.05) is 0 Å². The van der Waals surface area contributed by atoms with Crippen LogP contribution in [-0.4, -0.2) is 11.8 Å². The molecule has 2 aliphatic rings. The topological polar surface area (TPSA) is 29.1 Å². The number of aryl methyl sites for hydroxylation is 1. The van der Waals surface area contributed by atoms with E-state index >= 15 is 0 Å². The van der Waals surface area contributed by atoms with Crippen molar-refractivity contribution in [3.8, 4) is 0 Å². The van der Waals surface area contributed by atoms with E-state index in [1.165, 1.54) is 37.7 Å². The van der Waals surface area contributed by atoms with Crippen LogP contribution in [0, 0.1) is 6.92 Å². The summed E-state index contributed by atoms with van der Waals surface area (Å²) in [6, 6.07) is 16.9. The molecule has 0 aromatic heterocycles. The van der Waals surface area contributed by atoms with E-state index in [-0.39, 0.29) is 11.8 Å². The van der Waals surface area contributed by atoms with E-state index in [4.69, 9.17) is 0 Å². The number of carbonyl (C=O) groups is 1. The van der Waals surface area contributed by atoms with Crippen LogP contribution in [0.4, 0.5) is 0 Å². The van der Waals surface area contributed by atoms with E-state index in [9.17, 15) is 4.79 Å². The quantitative estimate of drug-likeness (QED) is 0.779. The van der Waals surface area contributed by atoms with Gasteiger partial charge >= 0.3 is 0 Å². The summed E-state index contributed by atoms with van der Waals surface area (Å²) >= 11 is 0. The molecule has 2 aromatic rings. The zero-order valence-electron chi connectivity index (χ0n) is 14.8. The number of fused-ring (bicyclic) bond motifs is 1. The monoisotopic (exact) mass is 331 g/mol. The summed E-state index contributed by atoms with van der Waals surface area (Å²) in [5.41, 5.74) is 5.20. The van der Waals surface area contributed by atoms with Gasteiger partial charge in [-0.15, -0.1) is 0 Å². The first-order valence-corrected chi connectivity index (χ1v) is 9.40. The third kappa shape index (κ3) is 3.32. The summed E-state index contributed by atoms with van der Waals surface area (Å²) in [7, 11) is 0. The van der Waals surface area contributed by atoms with Gasteiger partial charge in [-0.3, -0.25) is 4.79 Å². The summed E-state index contributed by atoms with van der Waals surface area (Å²) < 4.78 is 0. The molecule has 1 N–H and O–H groups in total. The van der Waals surface area contributed by atoms with Crippen LogP contribution in [0.1, 0.15) is 65.2 Å². The second-order valence-corrected chi connectivity index (χ2v) is 7.36. The largest absolute Gasteiger partial charge is 0.303 e. The molecular formula is C23H25NO. The maximum absolute atomic E-state index is 13.1. The molecule has 2 aromatic carbocycles. The molecule has 0 aliphatic heterocycles. The lowest BCUT2D eigenvalue weighted by atomic mass is 9.93. The molecule has 128 valence electrons. The number of rotatable bonds is 3. The average molecular weight is 331 g/mol. The molecule has 0 spiro atoms. The van der Waals surface area contributed by atoms with Gasteiger partial charge in [-0.05, 0) is 37.0 Å². The lowest BCUT2D eigenvalue weighted by Gasteiger charge is -2.27. The summed E-state index contributed by atoms with van der Waals surface area (Å²) in [6.45, 7) is 2.10. The SMILES string of the molecule is Cc1ccc2c(c1)C(NC1CCCCC1)/C(=C\c1ccccc1)C2=O. The normalized spacial score (nSPS) is 22.4. The third-order valence-electron chi connectivity index (χ3n) is 5.47. The van der Waals surface area contributed by atoms with Crippen LogP contribution in [0.15, 0.2) is 54.1 Å². The number of nitrogens with one attached hydrogen (secondary N) is 1. The number of ketones is 1. The molecule has 2 nitrogen and oxygen atoms in total. The Balaban J connectivity index is 1.73. The molecule has 1 saturated carbocycles. The summed E-state index contributed by atoms with van der Waals surface area (Å²) in [5, 5.41) is 3.81. The molecule has 0 radical (unpaired) electrons. The smallest absolute Gasteiger partial charge is 0.191 e. The van der Waals surface area contributed by atoms with Gasteiger partial charge in [-0.1, -0.05) is 73.4 Å².